The van der Waals surface area contributed by atoms with Crippen molar-refractivity contribution in [2.75, 3.05) is 11.5 Å². The van der Waals surface area contributed by atoms with E-state index in [1.165, 1.54) is 19.3 Å². The maximum absolute atomic E-state index is 12.6. The molecule has 0 aromatic rings. The molecule has 0 unspecified atom stereocenters. The number of hydrogen-bond acceptors (Lipinski definition) is 4. The summed E-state index contributed by atoms with van der Waals surface area (Å²) < 4.78 is 24.3. The fraction of sp³-hybridized carbons (Fsp3) is 0.889. The standard InChI is InChI=1S/C18H28N2O3S2/c1-3-12(4-2)17(21)19-18-20(14-8-11-5-6-13(14)7-11)15-9-25(22,23)10-16(15)24-18/h11-16H,3-10H2,1-2H3/t11-,13-,14-,15+,16+/m0/s1. The summed E-state index contributed by atoms with van der Waals surface area (Å²) in [5.74, 6) is 1.87. The Morgan fingerprint density at radius 1 is 1.20 bits per heavy atom. The predicted molar refractivity (Wildman–Crippen MR) is 101 cm³/mol. The smallest absolute Gasteiger partial charge is 0.251 e. The number of amidine groups is 1. The van der Waals surface area contributed by atoms with Crippen LogP contribution in [0.1, 0.15) is 52.4 Å². The van der Waals surface area contributed by atoms with Crippen molar-refractivity contribution in [3.8, 4) is 0 Å². The lowest BCUT2D eigenvalue weighted by molar-refractivity contribution is -0.121. The molecule has 0 N–H and O–H groups in total. The Labute approximate surface area is 154 Å². The monoisotopic (exact) mass is 384 g/mol. The van der Waals surface area contributed by atoms with Gasteiger partial charge in [0, 0.05) is 17.2 Å². The van der Waals surface area contributed by atoms with E-state index in [0.29, 0.717) is 12.0 Å². The highest BCUT2D eigenvalue weighted by atomic mass is 32.2. The highest BCUT2D eigenvalue weighted by Crippen LogP contribution is 2.51. The van der Waals surface area contributed by atoms with Crippen LogP contribution in [0.2, 0.25) is 0 Å². The molecule has 2 heterocycles. The van der Waals surface area contributed by atoms with Crippen LogP contribution < -0.4 is 0 Å². The van der Waals surface area contributed by atoms with Gasteiger partial charge >= 0.3 is 0 Å². The van der Waals surface area contributed by atoms with Crippen molar-refractivity contribution in [3.63, 3.8) is 0 Å². The van der Waals surface area contributed by atoms with E-state index in [0.717, 1.165) is 30.3 Å². The van der Waals surface area contributed by atoms with Gasteiger partial charge in [-0.15, -0.1) is 0 Å². The number of carbonyl (C=O) groups excluding carboxylic acids is 1. The average Bonchev–Trinajstić information content (AvgIpc) is 3.27. The number of sulfone groups is 1. The van der Waals surface area contributed by atoms with Gasteiger partial charge < -0.3 is 4.90 Å². The largest absolute Gasteiger partial charge is 0.343 e. The lowest BCUT2D eigenvalue weighted by Crippen LogP contribution is -2.47. The molecule has 25 heavy (non-hydrogen) atoms. The third-order valence-corrected chi connectivity index (χ3v) is 9.93. The second kappa shape index (κ2) is 6.55. The summed E-state index contributed by atoms with van der Waals surface area (Å²) >= 11 is 1.55. The molecule has 2 bridgehead atoms. The van der Waals surface area contributed by atoms with Crippen LogP contribution in [0.4, 0.5) is 0 Å². The van der Waals surface area contributed by atoms with Crippen LogP contribution in [0.5, 0.6) is 0 Å². The number of nitrogens with zero attached hydrogens (tertiary/aromatic N) is 2. The Kier molecular flexibility index (Phi) is 4.67. The van der Waals surface area contributed by atoms with Crippen LogP contribution in [-0.2, 0) is 14.6 Å². The molecule has 0 aromatic carbocycles. The third-order valence-electron chi connectivity index (χ3n) is 6.71. The van der Waals surface area contributed by atoms with E-state index < -0.39 is 9.84 Å². The molecule has 0 aromatic heterocycles. The van der Waals surface area contributed by atoms with E-state index in [2.05, 4.69) is 9.89 Å². The van der Waals surface area contributed by atoms with Gasteiger partial charge in [0.2, 0.25) is 0 Å². The van der Waals surface area contributed by atoms with Crippen LogP contribution in [0.15, 0.2) is 4.99 Å². The number of carbonyl (C=O) groups is 1. The van der Waals surface area contributed by atoms with E-state index in [1.807, 2.05) is 13.8 Å². The number of fused-ring (bicyclic) bond motifs is 3. The summed E-state index contributed by atoms with van der Waals surface area (Å²) in [5, 5.41) is 0.872. The molecule has 2 aliphatic heterocycles. The molecule has 0 radical (unpaired) electrons. The quantitative estimate of drug-likeness (QED) is 0.745. The SMILES string of the molecule is CCC(CC)C(=O)N=C1S[C@@H]2CS(=O)(=O)C[C@H]2N1[C@H]1C[C@H]2CC[C@H]1C2. The van der Waals surface area contributed by atoms with Crippen molar-refractivity contribution < 1.29 is 13.2 Å². The van der Waals surface area contributed by atoms with E-state index in [4.69, 9.17) is 0 Å². The first kappa shape index (κ1) is 17.8. The Bertz CT molecular complexity index is 686. The van der Waals surface area contributed by atoms with Crippen molar-refractivity contribution in [2.45, 2.75) is 69.7 Å². The highest BCUT2D eigenvalue weighted by Gasteiger charge is 2.54. The molecule has 5 nitrogen and oxygen atoms in total. The Balaban J connectivity index is 1.63. The Morgan fingerprint density at radius 2 is 1.96 bits per heavy atom. The summed E-state index contributed by atoms with van der Waals surface area (Å²) in [5.41, 5.74) is 0. The van der Waals surface area contributed by atoms with Gasteiger partial charge in [0.25, 0.3) is 5.91 Å². The summed E-state index contributed by atoms with van der Waals surface area (Å²) in [4.78, 5) is 19.4. The number of aliphatic imine (C=N–C) groups is 1. The van der Waals surface area contributed by atoms with Gasteiger partial charge in [-0.3, -0.25) is 4.79 Å². The lowest BCUT2D eigenvalue weighted by atomic mass is 9.93. The van der Waals surface area contributed by atoms with Crippen molar-refractivity contribution in [3.05, 3.63) is 0 Å². The second-order valence-electron chi connectivity index (χ2n) is 8.20. The normalized spacial score (nSPS) is 40.4. The van der Waals surface area contributed by atoms with Gasteiger partial charge in [-0.05, 0) is 43.9 Å². The maximum Gasteiger partial charge on any atom is 0.251 e. The van der Waals surface area contributed by atoms with Gasteiger partial charge in [0.15, 0.2) is 15.0 Å². The zero-order valence-corrected chi connectivity index (χ0v) is 16.7. The van der Waals surface area contributed by atoms with E-state index in [9.17, 15) is 13.2 Å². The highest BCUT2D eigenvalue weighted by molar-refractivity contribution is 8.15. The third kappa shape index (κ3) is 3.15. The first-order valence-corrected chi connectivity index (χ1v) is 12.4. The molecular weight excluding hydrogens is 356 g/mol. The molecule has 4 fully saturated rings. The zero-order chi connectivity index (χ0) is 17.8. The van der Waals surface area contributed by atoms with Gasteiger partial charge in [0.1, 0.15) is 0 Å². The van der Waals surface area contributed by atoms with Gasteiger partial charge in [0.05, 0.1) is 17.5 Å². The van der Waals surface area contributed by atoms with E-state index in [1.54, 1.807) is 11.8 Å². The van der Waals surface area contributed by atoms with Gasteiger partial charge in [-0.25, -0.2) is 8.42 Å². The fourth-order valence-electron chi connectivity index (χ4n) is 5.35. The second-order valence-corrected chi connectivity index (χ2v) is 11.6. The summed E-state index contributed by atoms with van der Waals surface area (Å²) in [7, 11) is -2.96. The molecule has 2 aliphatic carbocycles. The van der Waals surface area contributed by atoms with Gasteiger partial charge in [-0.2, -0.15) is 4.99 Å². The van der Waals surface area contributed by atoms with Crippen LogP contribution in [0, 0.1) is 17.8 Å². The molecule has 5 atom stereocenters. The number of amides is 1. The predicted octanol–water partition coefficient (Wildman–Crippen LogP) is 2.71. The van der Waals surface area contributed by atoms with Crippen LogP contribution >= 0.6 is 11.8 Å². The molecule has 7 heteroatoms. The van der Waals surface area contributed by atoms with Crippen molar-refractivity contribution >= 4 is 32.7 Å². The minimum atomic E-state index is -2.96. The Morgan fingerprint density at radius 3 is 2.56 bits per heavy atom. The number of thioether (sulfide) groups is 1. The van der Waals surface area contributed by atoms with E-state index in [-0.39, 0.29) is 34.6 Å². The molecule has 4 rings (SSSR count). The first-order chi connectivity index (χ1) is 11.9. The summed E-state index contributed by atoms with van der Waals surface area (Å²) in [6.45, 7) is 4.06. The zero-order valence-electron chi connectivity index (χ0n) is 15.1. The first-order valence-electron chi connectivity index (χ1n) is 9.69. The average molecular weight is 385 g/mol. The lowest BCUT2D eigenvalue weighted by Gasteiger charge is -2.36. The Hall–Kier alpha value is -0.560. The van der Waals surface area contributed by atoms with Crippen molar-refractivity contribution in [2.24, 2.45) is 22.7 Å². The van der Waals surface area contributed by atoms with Crippen LogP contribution in [-0.4, -0.2) is 53.2 Å². The minimum Gasteiger partial charge on any atom is -0.343 e. The van der Waals surface area contributed by atoms with Crippen LogP contribution in [0.3, 0.4) is 0 Å². The minimum absolute atomic E-state index is 0.0147. The molecule has 4 aliphatic rings. The number of rotatable bonds is 4. The molecular formula is C18H28N2O3S2. The number of hydrogen-bond donors (Lipinski definition) is 0. The van der Waals surface area contributed by atoms with Crippen molar-refractivity contribution in [1.82, 2.24) is 4.90 Å². The molecule has 2 saturated carbocycles. The molecule has 2 saturated heterocycles. The van der Waals surface area contributed by atoms with Crippen molar-refractivity contribution in [1.29, 1.82) is 0 Å². The van der Waals surface area contributed by atoms with Crippen LogP contribution in [0.25, 0.3) is 0 Å². The maximum atomic E-state index is 12.6. The molecule has 1 amide bonds. The topological polar surface area (TPSA) is 66.8 Å². The molecule has 0 spiro atoms. The summed E-state index contributed by atoms with van der Waals surface area (Å²) in [6.07, 6.45) is 6.59. The summed E-state index contributed by atoms with van der Waals surface area (Å²) in [6, 6.07) is 0.412. The fourth-order valence-corrected chi connectivity index (χ4v) is 9.33. The van der Waals surface area contributed by atoms with Gasteiger partial charge in [-0.1, -0.05) is 32.0 Å². The van der Waals surface area contributed by atoms with E-state index >= 15 is 0 Å². The molecule has 140 valence electrons.